The smallest absolute Gasteiger partial charge is 0.160 e. The van der Waals surface area contributed by atoms with Crippen LogP contribution < -0.4 is 0 Å². The lowest BCUT2D eigenvalue weighted by molar-refractivity contribution is 0.312. The minimum absolute atomic E-state index is 0.0259. The molecule has 5 rings (SSSR count). The molecular formula is C22H22N4S. The van der Waals surface area contributed by atoms with E-state index in [2.05, 4.69) is 82.9 Å². The van der Waals surface area contributed by atoms with E-state index in [1.807, 2.05) is 24.0 Å². The molecule has 0 spiro atoms. The van der Waals surface area contributed by atoms with Crippen molar-refractivity contribution in [1.82, 2.24) is 14.5 Å². The van der Waals surface area contributed by atoms with Crippen molar-refractivity contribution in [3.63, 3.8) is 0 Å². The number of amidine groups is 1. The third kappa shape index (κ3) is 2.77. The number of benzene rings is 1. The number of hydrogen-bond acceptors (Lipinski definition) is 4. The molecule has 0 saturated carbocycles. The lowest BCUT2D eigenvalue weighted by Gasteiger charge is -2.28. The van der Waals surface area contributed by atoms with Gasteiger partial charge in [-0.2, -0.15) is 0 Å². The SMILES string of the molecule is Cc1ccc(C2C(c3ccccn3)N=C3SC(C)CN32)n1-c1ccccc1. The summed E-state index contributed by atoms with van der Waals surface area (Å²) in [6, 6.07) is 21.4. The normalized spacial score (nSPS) is 24.1. The second kappa shape index (κ2) is 6.57. The number of thioether (sulfide) groups is 1. The van der Waals surface area contributed by atoms with E-state index >= 15 is 0 Å². The van der Waals surface area contributed by atoms with Gasteiger partial charge in [-0.15, -0.1) is 0 Å². The number of rotatable bonds is 3. The fraction of sp³-hybridized carbons (Fsp3) is 0.273. The number of nitrogens with zero attached hydrogens (tertiary/aromatic N) is 4. The van der Waals surface area contributed by atoms with Crippen LogP contribution in [0, 0.1) is 6.92 Å². The molecule has 1 fully saturated rings. The Hall–Kier alpha value is -2.53. The maximum absolute atomic E-state index is 5.10. The highest BCUT2D eigenvalue weighted by molar-refractivity contribution is 8.14. The second-order valence-corrected chi connectivity index (χ2v) is 8.61. The van der Waals surface area contributed by atoms with Crippen molar-refractivity contribution in [2.24, 2.45) is 4.99 Å². The van der Waals surface area contributed by atoms with E-state index in [4.69, 9.17) is 4.99 Å². The fourth-order valence-electron chi connectivity index (χ4n) is 4.16. The zero-order valence-electron chi connectivity index (χ0n) is 15.5. The van der Waals surface area contributed by atoms with Crippen molar-refractivity contribution in [2.45, 2.75) is 31.2 Å². The Morgan fingerprint density at radius 2 is 1.81 bits per heavy atom. The zero-order valence-corrected chi connectivity index (χ0v) is 16.3. The van der Waals surface area contributed by atoms with E-state index in [0.717, 1.165) is 17.4 Å². The molecule has 0 radical (unpaired) electrons. The number of aromatic nitrogens is 2. The molecule has 5 heteroatoms. The van der Waals surface area contributed by atoms with Crippen LogP contribution >= 0.6 is 11.8 Å². The van der Waals surface area contributed by atoms with E-state index in [-0.39, 0.29) is 12.1 Å². The van der Waals surface area contributed by atoms with Crippen LogP contribution in [0.25, 0.3) is 5.69 Å². The first-order valence-corrected chi connectivity index (χ1v) is 10.3. The van der Waals surface area contributed by atoms with E-state index in [0.29, 0.717) is 5.25 Å². The molecule has 27 heavy (non-hydrogen) atoms. The van der Waals surface area contributed by atoms with Crippen molar-refractivity contribution in [3.8, 4) is 5.69 Å². The Bertz CT molecular complexity index is 980. The van der Waals surface area contributed by atoms with Gasteiger partial charge in [-0.3, -0.25) is 9.98 Å². The van der Waals surface area contributed by atoms with Crippen molar-refractivity contribution in [3.05, 3.63) is 83.9 Å². The highest BCUT2D eigenvalue weighted by Gasteiger charge is 2.44. The Morgan fingerprint density at radius 3 is 2.59 bits per heavy atom. The third-order valence-corrected chi connectivity index (χ3v) is 6.41. The first-order valence-electron chi connectivity index (χ1n) is 9.38. The summed E-state index contributed by atoms with van der Waals surface area (Å²) in [6.07, 6.45) is 1.87. The number of aryl methyl sites for hydroxylation is 1. The lowest BCUT2D eigenvalue weighted by atomic mass is 10.0. The first kappa shape index (κ1) is 16.6. The quantitative estimate of drug-likeness (QED) is 0.662. The number of aliphatic imine (C=N–C) groups is 1. The van der Waals surface area contributed by atoms with Crippen molar-refractivity contribution < 1.29 is 0 Å². The number of para-hydroxylation sites is 1. The molecule has 1 saturated heterocycles. The highest BCUT2D eigenvalue weighted by Crippen LogP contribution is 2.48. The topological polar surface area (TPSA) is 33.4 Å². The average Bonchev–Trinajstić information content (AvgIpc) is 3.34. The molecule has 3 atom stereocenters. The van der Waals surface area contributed by atoms with Crippen LogP contribution in [0.5, 0.6) is 0 Å². The summed E-state index contributed by atoms with van der Waals surface area (Å²) < 4.78 is 2.37. The summed E-state index contributed by atoms with van der Waals surface area (Å²) in [4.78, 5) is 12.2. The number of fused-ring (bicyclic) bond motifs is 1. The van der Waals surface area contributed by atoms with Gasteiger partial charge in [0.15, 0.2) is 5.17 Å². The van der Waals surface area contributed by atoms with Crippen LogP contribution in [-0.4, -0.2) is 31.4 Å². The summed E-state index contributed by atoms with van der Waals surface area (Å²) in [5, 5.41) is 1.72. The lowest BCUT2D eigenvalue weighted by Crippen LogP contribution is -2.30. The standard InChI is InChI=1S/C22H22N4S/c1-15-11-12-19(26(15)17-8-4-3-5-9-17)21-20(18-10-6-7-13-23-18)24-22-25(21)14-16(2)27-22/h3-13,16,20-21H,14H2,1-2H3. The van der Waals surface area contributed by atoms with Crippen LogP contribution in [0.1, 0.15) is 36.1 Å². The van der Waals surface area contributed by atoms with Gasteiger partial charge < -0.3 is 9.47 Å². The van der Waals surface area contributed by atoms with E-state index < -0.39 is 0 Å². The summed E-state index contributed by atoms with van der Waals surface area (Å²) in [7, 11) is 0. The van der Waals surface area contributed by atoms with Crippen LogP contribution in [0.4, 0.5) is 0 Å². The molecule has 4 nitrogen and oxygen atoms in total. The maximum Gasteiger partial charge on any atom is 0.160 e. The zero-order chi connectivity index (χ0) is 18.4. The predicted molar refractivity (Wildman–Crippen MR) is 111 cm³/mol. The molecule has 3 aromatic rings. The monoisotopic (exact) mass is 374 g/mol. The van der Waals surface area contributed by atoms with Crippen molar-refractivity contribution in [2.75, 3.05) is 6.54 Å². The van der Waals surface area contributed by atoms with Crippen LogP contribution in [0.3, 0.4) is 0 Å². The number of pyridine rings is 1. The van der Waals surface area contributed by atoms with Crippen molar-refractivity contribution in [1.29, 1.82) is 0 Å². The summed E-state index contributed by atoms with van der Waals surface area (Å²) >= 11 is 1.88. The fourth-order valence-corrected chi connectivity index (χ4v) is 5.25. The Kier molecular flexibility index (Phi) is 4.05. The minimum Gasteiger partial charge on any atom is -0.339 e. The molecule has 0 N–H and O–H groups in total. The van der Waals surface area contributed by atoms with Gasteiger partial charge in [-0.25, -0.2) is 0 Å². The summed E-state index contributed by atoms with van der Waals surface area (Å²) in [6.45, 7) is 5.47. The van der Waals surface area contributed by atoms with Gasteiger partial charge in [0.2, 0.25) is 0 Å². The summed E-state index contributed by atoms with van der Waals surface area (Å²) in [5.41, 5.74) is 4.76. The third-order valence-electron chi connectivity index (χ3n) is 5.30. The van der Waals surface area contributed by atoms with Gasteiger partial charge in [0.25, 0.3) is 0 Å². The average molecular weight is 375 g/mol. The second-order valence-electron chi connectivity index (χ2n) is 7.21. The maximum atomic E-state index is 5.10. The molecule has 2 aliphatic rings. The van der Waals surface area contributed by atoms with Gasteiger partial charge in [0.1, 0.15) is 6.04 Å². The Labute approximate surface area is 164 Å². The van der Waals surface area contributed by atoms with Crippen LogP contribution in [0.2, 0.25) is 0 Å². The van der Waals surface area contributed by atoms with Gasteiger partial charge in [-0.05, 0) is 43.3 Å². The van der Waals surface area contributed by atoms with Gasteiger partial charge in [0, 0.05) is 35.1 Å². The molecule has 136 valence electrons. The first-order chi connectivity index (χ1) is 13.2. The Morgan fingerprint density at radius 1 is 1.00 bits per heavy atom. The number of hydrogen-bond donors (Lipinski definition) is 0. The predicted octanol–water partition coefficient (Wildman–Crippen LogP) is 4.77. The summed E-state index contributed by atoms with van der Waals surface area (Å²) in [5.74, 6) is 0. The van der Waals surface area contributed by atoms with E-state index in [9.17, 15) is 0 Å². The van der Waals surface area contributed by atoms with Gasteiger partial charge >= 0.3 is 0 Å². The molecule has 0 amide bonds. The Balaban J connectivity index is 1.65. The molecule has 1 aromatic carbocycles. The molecule has 0 bridgehead atoms. The molecule has 3 unspecified atom stereocenters. The molecule has 4 heterocycles. The van der Waals surface area contributed by atoms with Crippen LogP contribution in [-0.2, 0) is 0 Å². The molecule has 2 aliphatic heterocycles. The highest BCUT2D eigenvalue weighted by atomic mass is 32.2. The van der Waals surface area contributed by atoms with Gasteiger partial charge in [0.05, 0.1) is 11.7 Å². The van der Waals surface area contributed by atoms with Gasteiger partial charge in [-0.1, -0.05) is 43.0 Å². The van der Waals surface area contributed by atoms with Crippen LogP contribution in [0.15, 0.2) is 71.9 Å². The molecular weight excluding hydrogens is 352 g/mol. The van der Waals surface area contributed by atoms with E-state index in [1.165, 1.54) is 17.1 Å². The minimum atomic E-state index is 0.0259. The van der Waals surface area contributed by atoms with Crippen molar-refractivity contribution >= 4 is 16.9 Å². The molecule has 0 aliphatic carbocycles. The molecule has 2 aromatic heterocycles. The van der Waals surface area contributed by atoms with E-state index in [1.54, 1.807) is 0 Å². The largest absolute Gasteiger partial charge is 0.339 e.